The number of fused-ring (bicyclic) bond motifs is 1. The third-order valence-electron chi connectivity index (χ3n) is 5.97. The number of hydrogen-bond donors (Lipinski definition) is 2. The number of hydrogen-bond acceptors (Lipinski definition) is 8. The zero-order valence-corrected chi connectivity index (χ0v) is 19.6. The molecule has 2 aromatic rings. The second kappa shape index (κ2) is 8.85. The lowest BCUT2D eigenvalue weighted by atomic mass is 9.85. The molecule has 11 heteroatoms. The van der Waals surface area contributed by atoms with Gasteiger partial charge in [-0.3, -0.25) is 9.79 Å². The average molecular weight is 488 g/mol. The molecule has 1 aliphatic carbocycles. The number of amidine groups is 1. The summed E-state index contributed by atoms with van der Waals surface area (Å²) in [6.07, 6.45) is 7.88. The third-order valence-corrected chi connectivity index (χ3v) is 7.24. The summed E-state index contributed by atoms with van der Waals surface area (Å²) in [5, 5.41) is 2.81. The first-order valence-corrected chi connectivity index (χ1v) is 11.2. The van der Waals surface area contributed by atoms with Crippen molar-refractivity contribution in [3.05, 3.63) is 47.4 Å². The highest BCUT2D eigenvalue weighted by Gasteiger charge is 2.66. The zero-order chi connectivity index (χ0) is 24.7. The van der Waals surface area contributed by atoms with Crippen molar-refractivity contribution >= 4 is 28.5 Å². The highest BCUT2D eigenvalue weighted by Crippen LogP contribution is 2.66. The fourth-order valence-electron chi connectivity index (χ4n) is 4.26. The number of rotatable bonds is 7. The van der Waals surface area contributed by atoms with Crippen LogP contribution in [0.1, 0.15) is 36.3 Å². The Bertz CT molecular complexity index is 1200. The number of carbonyl (C=O) groups is 1. The normalized spacial score (nSPS) is 26.0. The molecule has 3 N–H and O–H groups in total. The molecule has 0 radical (unpaired) electrons. The number of nitrogens with zero attached hydrogens (tertiary/aromatic N) is 3. The predicted octanol–water partition coefficient (Wildman–Crippen LogP) is 3.09. The van der Waals surface area contributed by atoms with Crippen molar-refractivity contribution in [2.75, 3.05) is 19.0 Å². The molecule has 4 atom stereocenters. The average Bonchev–Trinajstić information content (AvgIpc) is 3.51. The Morgan fingerprint density at radius 1 is 1.41 bits per heavy atom. The molecule has 1 fully saturated rings. The van der Waals surface area contributed by atoms with Crippen LogP contribution < -0.4 is 15.8 Å². The van der Waals surface area contributed by atoms with Gasteiger partial charge in [-0.15, -0.1) is 6.42 Å². The highest BCUT2D eigenvalue weighted by molar-refractivity contribution is 8.15. The van der Waals surface area contributed by atoms with Gasteiger partial charge in [-0.05, 0) is 26.3 Å². The summed E-state index contributed by atoms with van der Waals surface area (Å²) >= 11 is 1.39. The van der Waals surface area contributed by atoms with E-state index in [0.717, 1.165) is 6.07 Å². The maximum Gasteiger partial charge on any atom is 0.275 e. The molecular weight excluding hydrogens is 464 g/mol. The fraction of sp³-hybridized carbons (Fsp3) is 0.391. The fourth-order valence-corrected chi connectivity index (χ4v) is 5.71. The number of carbonyl (C=O) groups excluding carboxylic acids is 1. The van der Waals surface area contributed by atoms with Gasteiger partial charge in [0.2, 0.25) is 5.88 Å². The molecule has 34 heavy (non-hydrogen) atoms. The van der Waals surface area contributed by atoms with E-state index < -0.39 is 29.2 Å². The molecule has 178 valence electrons. The van der Waals surface area contributed by atoms with E-state index in [-0.39, 0.29) is 38.7 Å². The third kappa shape index (κ3) is 4.31. The summed E-state index contributed by atoms with van der Waals surface area (Å²) in [4.78, 5) is 25.1. The molecule has 0 spiro atoms. The Balaban J connectivity index is 1.60. The summed E-state index contributed by atoms with van der Waals surface area (Å²) in [6.45, 7) is 3.78. The van der Waals surface area contributed by atoms with Crippen molar-refractivity contribution in [3.8, 4) is 18.2 Å². The van der Waals surface area contributed by atoms with E-state index in [9.17, 15) is 13.6 Å². The number of ether oxygens (including phenoxy) is 2. The number of thioether (sulfide) groups is 1. The molecule has 2 heterocycles. The van der Waals surface area contributed by atoms with Gasteiger partial charge in [-0.1, -0.05) is 17.7 Å². The van der Waals surface area contributed by atoms with E-state index in [2.05, 4.69) is 26.2 Å². The summed E-state index contributed by atoms with van der Waals surface area (Å²) < 4.78 is 39.9. The predicted molar refractivity (Wildman–Crippen MR) is 125 cm³/mol. The molecule has 0 saturated heterocycles. The molecule has 1 aliphatic heterocycles. The van der Waals surface area contributed by atoms with E-state index in [0.29, 0.717) is 13.0 Å². The van der Waals surface area contributed by atoms with Crippen molar-refractivity contribution < 1.29 is 23.0 Å². The van der Waals surface area contributed by atoms with Crippen LogP contribution in [0.25, 0.3) is 0 Å². The molecule has 4 rings (SSSR count). The molecule has 1 unspecified atom stereocenters. The van der Waals surface area contributed by atoms with Crippen molar-refractivity contribution in [3.63, 3.8) is 0 Å². The number of benzene rings is 1. The number of terminal acetylenes is 1. The topological polar surface area (TPSA) is 112 Å². The van der Waals surface area contributed by atoms with Gasteiger partial charge >= 0.3 is 0 Å². The number of aromatic nitrogens is 2. The first kappa shape index (κ1) is 23.9. The monoisotopic (exact) mass is 487 g/mol. The molecule has 8 nitrogen and oxygen atoms in total. The van der Waals surface area contributed by atoms with E-state index in [1.54, 1.807) is 21.0 Å². The second-order valence-electron chi connectivity index (χ2n) is 8.39. The molecular formula is C23H23F2N5O3S. The van der Waals surface area contributed by atoms with E-state index in [1.165, 1.54) is 30.2 Å². The Morgan fingerprint density at radius 2 is 2.18 bits per heavy atom. The van der Waals surface area contributed by atoms with Gasteiger partial charge in [0, 0.05) is 30.3 Å². The van der Waals surface area contributed by atoms with Gasteiger partial charge < -0.3 is 20.5 Å². The number of nitrogens with two attached hydrogens (primary N) is 1. The van der Waals surface area contributed by atoms with Crippen molar-refractivity contribution in [1.82, 2.24) is 9.97 Å². The minimum Gasteiger partial charge on any atom is -0.460 e. The Morgan fingerprint density at radius 3 is 2.82 bits per heavy atom. The van der Waals surface area contributed by atoms with Gasteiger partial charge in [0.05, 0.1) is 29.3 Å². The SMILES string of the molecule is C#C[C@H](C)Oc1cnc(C(=O)Nc2cc(F)c(F)c([C@@]3(C)N=C(N)S[C@@]4(COC)CC43)c2)cn1. The van der Waals surface area contributed by atoms with Crippen molar-refractivity contribution in [1.29, 1.82) is 0 Å². The summed E-state index contributed by atoms with van der Waals surface area (Å²) in [6, 6.07) is 2.28. The van der Waals surface area contributed by atoms with Crippen molar-refractivity contribution in [2.24, 2.45) is 16.6 Å². The summed E-state index contributed by atoms with van der Waals surface area (Å²) in [7, 11) is 1.58. The summed E-state index contributed by atoms with van der Waals surface area (Å²) in [5.74, 6) is -0.380. The number of halogens is 2. The van der Waals surface area contributed by atoms with Crippen LogP contribution >= 0.6 is 11.8 Å². The van der Waals surface area contributed by atoms with Gasteiger partial charge in [0.15, 0.2) is 22.9 Å². The van der Waals surface area contributed by atoms with Crippen LogP contribution in [0.2, 0.25) is 0 Å². The van der Waals surface area contributed by atoms with E-state index >= 15 is 0 Å². The zero-order valence-electron chi connectivity index (χ0n) is 18.8. The lowest BCUT2D eigenvalue weighted by Crippen LogP contribution is -2.38. The van der Waals surface area contributed by atoms with Crippen molar-refractivity contribution in [2.45, 2.75) is 36.7 Å². The minimum atomic E-state index is -1.12. The quantitative estimate of drug-likeness (QED) is 0.577. The van der Waals surface area contributed by atoms with Crippen LogP contribution in [-0.4, -0.2) is 45.6 Å². The first-order chi connectivity index (χ1) is 16.1. The largest absolute Gasteiger partial charge is 0.460 e. The summed E-state index contributed by atoms with van der Waals surface area (Å²) in [5.41, 5.74) is 4.94. The Labute approximate surface area is 199 Å². The highest BCUT2D eigenvalue weighted by atomic mass is 32.2. The van der Waals surface area contributed by atoms with Gasteiger partial charge in [0.1, 0.15) is 5.69 Å². The number of aliphatic imine (C=N–C) groups is 1. The minimum absolute atomic E-state index is 0.00660. The van der Waals surface area contributed by atoms with Crippen LogP contribution in [0.15, 0.2) is 29.5 Å². The van der Waals surface area contributed by atoms with Crippen LogP contribution in [-0.2, 0) is 10.3 Å². The number of anilines is 1. The van der Waals surface area contributed by atoms with Crippen LogP contribution in [0.5, 0.6) is 5.88 Å². The second-order valence-corrected chi connectivity index (χ2v) is 9.83. The standard InChI is InChI=1S/C23H23F2N5O3S/c1-5-12(2)33-18-10-27-16(9-28-18)20(31)29-13-6-14(19(25)15(24)7-13)22(3)17-8-23(17,11-32-4)34-21(26)30-22/h1,6-7,9-10,12,17H,8,11H2,2-4H3,(H2,26,30)(H,29,31)/t12-,17?,22+,23+/m0/s1. The van der Waals surface area contributed by atoms with Crippen LogP contribution in [0.4, 0.5) is 14.5 Å². The molecule has 2 aliphatic rings. The Kier molecular flexibility index (Phi) is 6.22. The lowest BCUT2D eigenvalue weighted by Gasteiger charge is -2.34. The van der Waals surface area contributed by atoms with E-state index in [1.807, 2.05) is 0 Å². The molecule has 1 saturated carbocycles. The maximum absolute atomic E-state index is 15.0. The van der Waals surface area contributed by atoms with Crippen LogP contribution in [0.3, 0.4) is 0 Å². The van der Waals surface area contributed by atoms with Crippen LogP contribution in [0, 0.1) is 29.9 Å². The lowest BCUT2D eigenvalue weighted by molar-refractivity contribution is 0.102. The van der Waals surface area contributed by atoms with Gasteiger partial charge in [-0.25, -0.2) is 18.7 Å². The van der Waals surface area contributed by atoms with E-state index in [4.69, 9.17) is 21.6 Å². The maximum atomic E-state index is 15.0. The van der Waals surface area contributed by atoms with Gasteiger partial charge in [-0.2, -0.15) is 0 Å². The number of methoxy groups -OCH3 is 1. The molecule has 1 amide bonds. The smallest absolute Gasteiger partial charge is 0.275 e. The Hall–Kier alpha value is -3.23. The molecule has 0 bridgehead atoms. The molecule has 1 aromatic heterocycles. The first-order valence-electron chi connectivity index (χ1n) is 10.4. The molecule has 1 aromatic carbocycles. The number of nitrogens with one attached hydrogen (secondary N) is 1. The number of amides is 1. The van der Waals surface area contributed by atoms with Gasteiger partial charge in [0.25, 0.3) is 5.91 Å².